The highest BCUT2D eigenvalue weighted by Gasteiger charge is 2.23. The van der Waals surface area contributed by atoms with Crippen molar-refractivity contribution in [3.8, 4) is 0 Å². The Labute approximate surface area is 140 Å². The molecule has 1 saturated heterocycles. The molecular formula is C16H22N4O2S. The molecular weight excluding hydrogens is 312 g/mol. The first-order valence-electron chi connectivity index (χ1n) is 8.16. The predicted octanol–water partition coefficient (Wildman–Crippen LogP) is 2.61. The van der Waals surface area contributed by atoms with Crippen LogP contribution >= 0.6 is 11.5 Å². The summed E-state index contributed by atoms with van der Waals surface area (Å²) in [6.07, 6.45) is 2.58. The minimum absolute atomic E-state index is 0.0157. The van der Waals surface area contributed by atoms with Gasteiger partial charge in [-0.3, -0.25) is 4.79 Å². The van der Waals surface area contributed by atoms with Gasteiger partial charge in [-0.2, -0.15) is 4.37 Å². The van der Waals surface area contributed by atoms with Gasteiger partial charge in [0.05, 0.1) is 0 Å². The molecule has 2 aromatic rings. The molecule has 0 unspecified atom stereocenters. The van der Waals surface area contributed by atoms with Crippen LogP contribution in [-0.2, 0) is 12.8 Å². The lowest BCUT2D eigenvalue weighted by molar-refractivity contribution is 0.0733. The van der Waals surface area contributed by atoms with Gasteiger partial charge in [0.15, 0.2) is 5.76 Å². The maximum atomic E-state index is 12.6. The van der Waals surface area contributed by atoms with Crippen molar-refractivity contribution in [3.05, 3.63) is 29.5 Å². The van der Waals surface area contributed by atoms with Gasteiger partial charge in [-0.15, -0.1) is 0 Å². The summed E-state index contributed by atoms with van der Waals surface area (Å²) in [5.41, 5.74) is 0. The lowest BCUT2D eigenvalue weighted by atomic mass is 10.3. The number of carbonyl (C=O) groups is 1. The van der Waals surface area contributed by atoms with Crippen molar-refractivity contribution in [1.82, 2.24) is 14.3 Å². The van der Waals surface area contributed by atoms with Crippen LogP contribution in [0.3, 0.4) is 0 Å². The normalized spacial score (nSPS) is 15.7. The third kappa shape index (κ3) is 3.55. The van der Waals surface area contributed by atoms with Crippen LogP contribution in [0.2, 0.25) is 0 Å². The van der Waals surface area contributed by atoms with Gasteiger partial charge in [0, 0.05) is 50.6 Å². The molecule has 1 aliphatic heterocycles. The Bertz CT molecular complexity index is 667. The molecule has 0 N–H and O–H groups in total. The molecule has 2 aromatic heterocycles. The zero-order valence-corrected chi connectivity index (χ0v) is 14.4. The first-order chi connectivity index (χ1) is 11.2. The Balaban J connectivity index is 1.64. The molecule has 0 bridgehead atoms. The quantitative estimate of drug-likeness (QED) is 0.860. The Hall–Kier alpha value is -1.89. The van der Waals surface area contributed by atoms with Crippen LogP contribution in [0.15, 0.2) is 16.5 Å². The van der Waals surface area contributed by atoms with E-state index < -0.39 is 0 Å². The lowest BCUT2D eigenvalue weighted by Gasteiger charge is -2.20. The molecule has 1 fully saturated rings. The fraction of sp³-hybridized carbons (Fsp3) is 0.562. The highest BCUT2D eigenvalue weighted by Crippen LogP contribution is 2.20. The fourth-order valence-corrected chi connectivity index (χ4v) is 3.47. The highest BCUT2D eigenvalue weighted by molar-refractivity contribution is 7.09. The third-order valence-corrected chi connectivity index (χ3v) is 4.86. The number of aromatic nitrogens is 2. The molecule has 23 heavy (non-hydrogen) atoms. The highest BCUT2D eigenvalue weighted by atomic mass is 32.1. The molecule has 0 radical (unpaired) electrons. The summed E-state index contributed by atoms with van der Waals surface area (Å²) in [6.45, 7) is 7.19. The van der Waals surface area contributed by atoms with Crippen molar-refractivity contribution in [2.45, 2.75) is 33.1 Å². The fourth-order valence-electron chi connectivity index (χ4n) is 2.67. The Morgan fingerprint density at radius 3 is 2.78 bits per heavy atom. The topological polar surface area (TPSA) is 62.5 Å². The second kappa shape index (κ2) is 7.12. The SMILES string of the molecule is CCc1nsc(N2CCCN(C(=O)c3ccc(CC)o3)CC2)n1. The standard InChI is InChI=1S/C16H22N4O2S/c1-3-12-6-7-13(22-12)15(21)19-8-5-9-20(11-10-19)16-17-14(4-2)18-23-16/h6-7H,3-5,8-11H2,1-2H3. The van der Waals surface area contributed by atoms with Crippen LogP contribution in [0, 0.1) is 0 Å². The summed E-state index contributed by atoms with van der Waals surface area (Å²) in [7, 11) is 0. The summed E-state index contributed by atoms with van der Waals surface area (Å²) >= 11 is 1.45. The van der Waals surface area contributed by atoms with Gasteiger partial charge >= 0.3 is 0 Å². The molecule has 0 aromatic carbocycles. The zero-order valence-electron chi connectivity index (χ0n) is 13.6. The van der Waals surface area contributed by atoms with E-state index in [1.54, 1.807) is 6.07 Å². The maximum absolute atomic E-state index is 12.6. The van der Waals surface area contributed by atoms with Crippen molar-refractivity contribution in [1.29, 1.82) is 0 Å². The minimum atomic E-state index is -0.0157. The molecule has 0 spiro atoms. The van der Waals surface area contributed by atoms with E-state index in [-0.39, 0.29) is 5.91 Å². The number of amides is 1. The number of nitrogens with zero attached hydrogens (tertiary/aromatic N) is 4. The van der Waals surface area contributed by atoms with Gasteiger partial charge < -0.3 is 14.2 Å². The van der Waals surface area contributed by atoms with Gasteiger partial charge in [0.1, 0.15) is 11.6 Å². The number of anilines is 1. The number of rotatable bonds is 4. The Morgan fingerprint density at radius 2 is 2.09 bits per heavy atom. The van der Waals surface area contributed by atoms with Crippen LogP contribution in [-0.4, -0.2) is 46.3 Å². The van der Waals surface area contributed by atoms with E-state index in [0.717, 1.165) is 55.6 Å². The second-order valence-electron chi connectivity index (χ2n) is 5.60. The molecule has 0 aliphatic carbocycles. The average Bonchev–Trinajstić information content (AvgIpc) is 3.18. The summed E-state index contributed by atoms with van der Waals surface area (Å²) < 4.78 is 9.94. The summed E-state index contributed by atoms with van der Waals surface area (Å²) in [5.74, 6) is 2.17. The summed E-state index contributed by atoms with van der Waals surface area (Å²) in [4.78, 5) is 21.2. The van der Waals surface area contributed by atoms with Crippen molar-refractivity contribution in [2.24, 2.45) is 0 Å². The summed E-state index contributed by atoms with van der Waals surface area (Å²) in [5, 5.41) is 0.961. The molecule has 0 saturated carbocycles. The van der Waals surface area contributed by atoms with Crippen molar-refractivity contribution < 1.29 is 9.21 Å². The van der Waals surface area contributed by atoms with Gasteiger partial charge in [-0.05, 0) is 18.6 Å². The molecule has 7 heteroatoms. The predicted molar refractivity (Wildman–Crippen MR) is 90.1 cm³/mol. The van der Waals surface area contributed by atoms with E-state index in [2.05, 4.69) is 21.2 Å². The number of hydrogen-bond donors (Lipinski definition) is 0. The van der Waals surface area contributed by atoms with Gasteiger partial charge in [-0.1, -0.05) is 13.8 Å². The van der Waals surface area contributed by atoms with Gasteiger partial charge in [-0.25, -0.2) is 4.98 Å². The van der Waals surface area contributed by atoms with E-state index in [4.69, 9.17) is 4.42 Å². The van der Waals surface area contributed by atoms with Crippen molar-refractivity contribution in [3.63, 3.8) is 0 Å². The van der Waals surface area contributed by atoms with Crippen LogP contribution < -0.4 is 4.90 Å². The smallest absolute Gasteiger partial charge is 0.289 e. The number of aryl methyl sites for hydroxylation is 2. The van der Waals surface area contributed by atoms with E-state index in [1.165, 1.54) is 11.5 Å². The first kappa shape index (κ1) is 16.0. The van der Waals surface area contributed by atoms with E-state index in [1.807, 2.05) is 17.9 Å². The Kier molecular flexibility index (Phi) is 4.95. The summed E-state index contributed by atoms with van der Waals surface area (Å²) in [6, 6.07) is 3.66. The van der Waals surface area contributed by atoms with E-state index in [9.17, 15) is 4.79 Å². The van der Waals surface area contributed by atoms with E-state index >= 15 is 0 Å². The zero-order chi connectivity index (χ0) is 16.2. The molecule has 3 rings (SSSR count). The molecule has 1 amide bonds. The molecule has 6 nitrogen and oxygen atoms in total. The molecule has 1 aliphatic rings. The van der Waals surface area contributed by atoms with Gasteiger partial charge in [0.25, 0.3) is 5.91 Å². The first-order valence-corrected chi connectivity index (χ1v) is 8.94. The minimum Gasteiger partial charge on any atom is -0.456 e. The maximum Gasteiger partial charge on any atom is 0.289 e. The van der Waals surface area contributed by atoms with Gasteiger partial charge in [0.2, 0.25) is 5.13 Å². The van der Waals surface area contributed by atoms with Crippen molar-refractivity contribution >= 4 is 22.6 Å². The number of carbonyl (C=O) groups excluding carboxylic acids is 1. The number of furan rings is 1. The van der Waals surface area contributed by atoms with Crippen LogP contribution in [0.5, 0.6) is 0 Å². The van der Waals surface area contributed by atoms with Crippen LogP contribution in [0.25, 0.3) is 0 Å². The van der Waals surface area contributed by atoms with Crippen LogP contribution in [0.1, 0.15) is 42.4 Å². The largest absolute Gasteiger partial charge is 0.456 e. The Morgan fingerprint density at radius 1 is 1.22 bits per heavy atom. The lowest BCUT2D eigenvalue weighted by Crippen LogP contribution is -2.35. The van der Waals surface area contributed by atoms with E-state index in [0.29, 0.717) is 12.3 Å². The molecule has 0 atom stereocenters. The monoisotopic (exact) mass is 334 g/mol. The molecule has 3 heterocycles. The molecule has 124 valence electrons. The average molecular weight is 334 g/mol. The third-order valence-electron chi connectivity index (χ3n) is 4.05. The number of hydrogen-bond acceptors (Lipinski definition) is 6. The second-order valence-corrected chi connectivity index (χ2v) is 6.33. The van der Waals surface area contributed by atoms with Crippen molar-refractivity contribution in [2.75, 3.05) is 31.1 Å². The van der Waals surface area contributed by atoms with Crippen LogP contribution in [0.4, 0.5) is 5.13 Å².